The van der Waals surface area contributed by atoms with E-state index in [4.69, 9.17) is 14.7 Å². The molecule has 0 saturated carbocycles. The number of benzene rings is 1. The lowest BCUT2D eigenvalue weighted by atomic mass is 10.1. The van der Waals surface area contributed by atoms with E-state index in [1.54, 1.807) is 0 Å². The maximum Gasteiger partial charge on any atom is 0.635 e. The second kappa shape index (κ2) is 9.31. The molecule has 10 heteroatoms. The zero-order chi connectivity index (χ0) is 18.3. The van der Waals surface area contributed by atoms with Crippen molar-refractivity contribution in [2.45, 2.75) is 26.5 Å². The van der Waals surface area contributed by atoms with Crippen LogP contribution < -0.4 is 10.6 Å². The predicted molar refractivity (Wildman–Crippen MR) is 81.4 cm³/mol. The lowest BCUT2D eigenvalue weighted by molar-refractivity contribution is -0.123. The third-order valence-electron chi connectivity index (χ3n) is 2.88. The van der Waals surface area contributed by atoms with Crippen molar-refractivity contribution in [2.24, 2.45) is 5.92 Å². The zero-order valence-corrected chi connectivity index (χ0v) is 13.3. The molecular formula is C14H19BF2N2O5. The Morgan fingerprint density at radius 1 is 1.25 bits per heavy atom. The Kier molecular flexibility index (Phi) is 7.76. The standard InChI is InChI=1S/C14H19BF2N2O5/c1-8(2)5-13(24-15(22)23)19-12(20)7-18-14(21)9-3-4-10(16)11(17)6-9/h3-4,6,8,13,22-23H,5,7H2,1-2H3,(H,18,21)(H,19,20)/t13-/m1/s1. The van der Waals surface area contributed by atoms with Crippen molar-refractivity contribution in [2.75, 3.05) is 6.54 Å². The number of hydrogen-bond donors (Lipinski definition) is 4. The van der Waals surface area contributed by atoms with E-state index in [0.29, 0.717) is 6.42 Å². The molecule has 4 N–H and O–H groups in total. The molecule has 0 aliphatic rings. The molecule has 0 aliphatic heterocycles. The number of hydrogen-bond acceptors (Lipinski definition) is 5. The van der Waals surface area contributed by atoms with E-state index < -0.39 is 43.5 Å². The summed E-state index contributed by atoms with van der Waals surface area (Å²) in [5.74, 6) is -3.55. The first kappa shape index (κ1) is 20.0. The van der Waals surface area contributed by atoms with E-state index in [1.165, 1.54) is 0 Å². The van der Waals surface area contributed by atoms with Crippen LogP contribution in [0.5, 0.6) is 0 Å². The quantitative estimate of drug-likeness (QED) is 0.397. The molecule has 0 heterocycles. The van der Waals surface area contributed by atoms with E-state index in [1.807, 2.05) is 13.8 Å². The van der Waals surface area contributed by atoms with Crippen LogP contribution in [0.3, 0.4) is 0 Å². The number of carbonyl (C=O) groups is 2. The van der Waals surface area contributed by atoms with Gasteiger partial charge in [0.05, 0.1) is 6.54 Å². The second-order valence-electron chi connectivity index (χ2n) is 5.46. The topological polar surface area (TPSA) is 108 Å². The van der Waals surface area contributed by atoms with Gasteiger partial charge in [0, 0.05) is 5.56 Å². The highest BCUT2D eigenvalue weighted by atomic mass is 19.2. The minimum Gasteiger partial charge on any atom is -0.402 e. The molecule has 1 rings (SSSR count). The number of amides is 2. The van der Waals surface area contributed by atoms with Crippen molar-refractivity contribution in [1.82, 2.24) is 10.6 Å². The van der Waals surface area contributed by atoms with E-state index in [2.05, 4.69) is 10.6 Å². The van der Waals surface area contributed by atoms with Crippen molar-refractivity contribution in [3.05, 3.63) is 35.4 Å². The molecule has 2 amide bonds. The van der Waals surface area contributed by atoms with Crippen LogP contribution in [0.4, 0.5) is 8.78 Å². The predicted octanol–water partition coefficient (Wildman–Crippen LogP) is 0.169. The van der Waals surface area contributed by atoms with E-state index in [0.717, 1.165) is 18.2 Å². The van der Waals surface area contributed by atoms with Gasteiger partial charge >= 0.3 is 7.32 Å². The van der Waals surface area contributed by atoms with Gasteiger partial charge in [0.15, 0.2) is 11.6 Å². The highest BCUT2D eigenvalue weighted by Gasteiger charge is 2.21. The summed E-state index contributed by atoms with van der Waals surface area (Å²) in [4.78, 5) is 23.5. The SMILES string of the molecule is CC(C)C[C@H](NC(=O)CNC(=O)c1ccc(F)c(F)c1)OB(O)O. The summed E-state index contributed by atoms with van der Waals surface area (Å²) < 4.78 is 30.6. The molecule has 0 aromatic heterocycles. The summed E-state index contributed by atoms with van der Waals surface area (Å²) in [6.07, 6.45) is -0.627. The van der Waals surface area contributed by atoms with Gasteiger partial charge in [-0.05, 0) is 30.5 Å². The fourth-order valence-electron chi connectivity index (χ4n) is 1.85. The fourth-order valence-corrected chi connectivity index (χ4v) is 1.85. The first-order valence-corrected chi connectivity index (χ1v) is 7.23. The summed E-state index contributed by atoms with van der Waals surface area (Å²) >= 11 is 0. The average Bonchev–Trinajstić information content (AvgIpc) is 2.46. The summed E-state index contributed by atoms with van der Waals surface area (Å²) in [6, 6.07) is 2.60. The normalized spacial score (nSPS) is 12.0. The van der Waals surface area contributed by atoms with Crippen molar-refractivity contribution < 1.29 is 33.1 Å². The van der Waals surface area contributed by atoms with Crippen LogP contribution in [0.2, 0.25) is 0 Å². The maximum absolute atomic E-state index is 13.1. The maximum atomic E-state index is 13.1. The monoisotopic (exact) mass is 344 g/mol. The van der Waals surface area contributed by atoms with Gasteiger partial charge in [0.2, 0.25) is 5.91 Å². The Bertz CT molecular complexity index is 576. The highest BCUT2D eigenvalue weighted by molar-refractivity contribution is 6.32. The molecule has 1 aromatic carbocycles. The molecule has 132 valence electrons. The van der Waals surface area contributed by atoms with E-state index in [-0.39, 0.29) is 11.5 Å². The van der Waals surface area contributed by atoms with Crippen LogP contribution in [0.15, 0.2) is 18.2 Å². The number of halogens is 2. The highest BCUT2D eigenvalue weighted by Crippen LogP contribution is 2.08. The molecule has 7 nitrogen and oxygen atoms in total. The first-order valence-electron chi connectivity index (χ1n) is 7.23. The smallest absolute Gasteiger partial charge is 0.402 e. The Labute approximate surface area is 138 Å². The van der Waals surface area contributed by atoms with Gasteiger partial charge in [-0.3, -0.25) is 9.59 Å². The number of nitrogens with one attached hydrogen (secondary N) is 2. The Morgan fingerprint density at radius 2 is 1.92 bits per heavy atom. The molecule has 0 unspecified atom stereocenters. The zero-order valence-electron chi connectivity index (χ0n) is 13.3. The van der Waals surface area contributed by atoms with Crippen LogP contribution in [0, 0.1) is 17.6 Å². The molecule has 0 spiro atoms. The molecule has 24 heavy (non-hydrogen) atoms. The minimum atomic E-state index is -2.05. The molecule has 0 fully saturated rings. The number of carbonyl (C=O) groups excluding carboxylic acids is 2. The van der Waals surface area contributed by atoms with Crippen molar-refractivity contribution in [3.8, 4) is 0 Å². The molecule has 0 radical (unpaired) electrons. The third-order valence-corrected chi connectivity index (χ3v) is 2.88. The average molecular weight is 344 g/mol. The van der Waals surface area contributed by atoms with Gasteiger partial charge in [-0.15, -0.1) is 0 Å². The first-order chi connectivity index (χ1) is 11.2. The van der Waals surface area contributed by atoms with Crippen LogP contribution >= 0.6 is 0 Å². The fraction of sp³-hybridized carbons (Fsp3) is 0.429. The van der Waals surface area contributed by atoms with Crippen molar-refractivity contribution in [3.63, 3.8) is 0 Å². The summed E-state index contributed by atoms with van der Waals surface area (Å²) in [5, 5.41) is 22.2. The van der Waals surface area contributed by atoms with Crippen molar-refractivity contribution >= 4 is 19.1 Å². The molecular weight excluding hydrogens is 325 g/mol. The second-order valence-corrected chi connectivity index (χ2v) is 5.46. The Balaban J connectivity index is 2.53. The van der Waals surface area contributed by atoms with Crippen LogP contribution in [0.25, 0.3) is 0 Å². The van der Waals surface area contributed by atoms with Crippen LogP contribution in [-0.2, 0) is 9.45 Å². The lowest BCUT2D eigenvalue weighted by Crippen LogP contribution is -2.45. The van der Waals surface area contributed by atoms with Crippen molar-refractivity contribution in [1.29, 1.82) is 0 Å². The van der Waals surface area contributed by atoms with Gasteiger partial charge in [0.25, 0.3) is 5.91 Å². The van der Waals surface area contributed by atoms with Gasteiger partial charge in [-0.25, -0.2) is 8.78 Å². The van der Waals surface area contributed by atoms with Crippen LogP contribution in [0.1, 0.15) is 30.6 Å². The van der Waals surface area contributed by atoms with E-state index in [9.17, 15) is 18.4 Å². The third kappa shape index (κ3) is 7.03. The summed E-state index contributed by atoms with van der Waals surface area (Å²) in [7, 11) is -2.05. The van der Waals surface area contributed by atoms with Crippen LogP contribution in [-0.4, -0.2) is 42.0 Å². The Hall–Kier alpha value is -2.04. The molecule has 1 aromatic rings. The van der Waals surface area contributed by atoms with E-state index >= 15 is 0 Å². The Morgan fingerprint density at radius 3 is 2.46 bits per heavy atom. The van der Waals surface area contributed by atoms with Gasteiger partial charge in [-0.2, -0.15) is 0 Å². The molecule has 1 atom stereocenters. The lowest BCUT2D eigenvalue weighted by Gasteiger charge is -2.21. The molecule has 0 bridgehead atoms. The number of rotatable bonds is 8. The van der Waals surface area contributed by atoms with Gasteiger partial charge < -0.3 is 25.3 Å². The molecule has 0 saturated heterocycles. The molecule has 0 aliphatic carbocycles. The summed E-state index contributed by atoms with van der Waals surface area (Å²) in [5.41, 5.74) is -0.137. The summed E-state index contributed by atoms with van der Waals surface area (Å²) in [6.45, 7) is 3.24. The minimum absolute atomic E-state index is 0.103. The largest absolute Gasteiger partial charge is 0.635 e. The van der Waals surface area contributed by atoms with Gasteiger partial charge in [-0.1, -0.05) is 13.8 Å². The van der Waals surface area contributed by atoms with Gasteiger partial charge in [0.1, 0.15) is 6.23 Å².